The van der Waals surface area contributed by atoms with Crippen molar-refractivity contribution < 1.29 is 14.3 Å². The van der Waals surface area contributed by atoms with Gasteiger partial charge in [0.15, 0.2) is 11.5 Å². The summed E-state index contributed by atoms with van der Waals surface area (Å²) in [6.45, 7) is 3.75. The maximum Gasteiger partial charge on any atom is 0.226 e. The molecule has 1 atom stereocenters. The highest BCUT2D eigenvalue weighted by molar-refractivity contribution is 5.67. The van der Waals surface area contributed by atoms with Crippen molar-refractivity contribution in [2.75, 3.05) is 0 Å². The van der Waals surface area contributed by atoms with Gasteiger partial charge in [0.05, 0.1) is 0 Å². The molecule has 0 amide bonds. The SMILES string of the molecule is Cc1cnc2c(c1)C(O)Oc1cc(C)oc1-2. The van der Waals surface area contributed by atoms with Gasteiger partial charge in [0.2, 0.25) is 6.29 Å². The molecular formula is C12H11NO3. The Morgan fingerprint density at radius 3 is 2.94 bits per heavy atom. The van der Waals surface area contributed by atoms with Crippen LogP contribution in [-0.4, -0.2) is 10.1 Å². The van der Waals surface area contributed by atoms with E-state index in [4.69, 9.17) is 9.15 Å². The average Bonchev–Trinajstić information content (AvgIpc) is 2.59. The summed E-state index contributed by atoms with van der Waals surface area (Å²) >= 11 is 0. The van der Waals surface area contributed by atoms with Crippen molar-refractivity contribution in [3.05, 3.63) is 35.2 Å². The first-order chi connectivity index (χ1) is 7.65. The second-order valence-electron chi connectivity index (χ2n) is 3.97. The van der Waals surface area contributed by atoms with Gasteiger partial charge in [0.1, 0.15) is 11.5 Å². The molecule has 1 N–H and O–H groups in total. The molecule has 0 aliphatic carbocycles. The Labute approximate surface area is 92.5 Å². The normalized spacial score (nSPS) is 17.6. The van der Waals surface area contributed by atoms with E-state index in [0.29, 0.717) is 22.8 Å². The van der Waals surface area contributed by atoms with Crippen LogP contribution in [0.15, 0.2) is 22.7 Å². The average molecular weight is 217 g/mol. The van der Waals surface area contributed by atoms with Gasteiger partial charge in [0, 0.05) is 17.8 Å². The molecule has 0 radical (unpaired) electrons. The van der Waals surface area contributed by atoms with Crippen molar-refractivity contribution in [1.82, 2.24) is 4.98 Å². The van der Waals surface area contributed by atoms with Crippen LogP contribution in [0.3, 0.4) is 0 Å². The molecule has 3 rings (SSSR count). The van der Waals surface area contributed by atoms with Gasteiger partial charge < -0.3 is 14.3 Å². The van der Waals surface area contributed by atoms with E-state index < -0.39 is 6.29 Å². The van der Waals surface area contributed by atoms with Crippen LogP contribution in [0, 0.1) is 13.8 Å². The predicted molar refractivity (Wildman–Crippen MR) is 57.0 cm³/mol. The zero-order chi connectivity index (χ0) is 11.3. The highest BCUT2D eigenvalue weighted by atomic mass is 16.6. The molecule has 16 heavy (non-hydrogen) atoms. The van der Waals surface area contributed by atoms with Crippen molar-refractivity contribution in [3.63, 3.8) is 0 Å². The van der Waals surface area contributed by atoms with Gasteiger partial charge in [-0.05, 0) is 25.5 Å². The van der Waals surface area contributed by atoms with Gasteiger partial charge in [-0.3, -0.25) is 4.98 Å². The molecule has 3 heterocycles. The summed E-state index contributed by atoms with van der Waals surface area (Å²) in [6.07, 6.45) is 0.783. The lowest BCUT2D eigenvalue weighted by Crippen LogP contribution is -2.13. The molecular weight excluding hydrogens is 206 g/mol. The van der Waals surface area contributed by atoms with E-state index in [-0.39, 0.29) is 0 Å². The van der Waals surface area contributed by atoms with E-state index in [2.05, 4.69) is 4.98 Å². The van der Waals surface area contributed by atoms with Crippen LogP contribution < -0.4 is 4.74 Å². The van der Waals surface area contributed by atoms with Crippen molar-refractivity contribution in [2.45, 2.75) is 20.1 Å². The molecule has 4 nitrogen and oxygen atoms in total. The molecule has 1 aliphatic heterocycles. The van der Waals surface area contributed by atoms with E-state index in [1.54, 1.807) is 12.3 Å². The van der Waals surface area contributed by atoms with E-state index >= 15 is 0 Å². The van der Waals surface area contributed by atoms with Gasteiger partial charge in [-0.2, -0.15) is 0 Å². The molecule has 1 aliphatic rings. The molecule has 0 fully saturated rings. The van der Waals surface area contributed by atoms with Crippen molar-refractivity contribution in [3.8, 4) is 17.2 Å². The maximum atomic E-state index is 9.84. The predicted octanol–water partition coefficient (Wildman–Crippen LogP) is 2.34. The topological polar surface area (TPSA) is 55.5 Å². The van der Waals surface area contributed by atoms with Gasteiger partial charge >= 0.3 is 0 Å². The summed E-state index contributed by atoms with van der Waals surface area (Å²) in [7, 11) is 0. The standard InChI is InChI=1S/C12H11NO3/c1-6-3-8-10(13-5-6)11-9(16-12(8)14)4-7(2)15-11/h3-5,12,14H,1-2H3. The Morgan fingerprint density at radius 1 is 1.31 bits per heavy atom. The number of aliphatic hydroxyl groups excluding tert-OH is 1. The molecule has 0 saturated heterocycles. The van der Waals surface area contributed by atoms with Crippen molar-refractivity contribution in [1.29, 1.82) is 0 Å². The van der Waals surface area contributed by atoms with Gasteiger partial charge in [-0.25, -0.2) is 0 Å². The Hall–Kier alpha value is -1.81. The molecule has 4 heteroatoms. The second kappa shape index (κ2) is 3.09. The molecule has 0 saturated carbocycles. The summed E-state index contributed by atoms with van der Waals surface area (Å²) in [5.74, 6) is 1.89. The Bertz CT molecular complexity index is 559. The van der Waals surface area contributed by atoms with Crippen LogP contribution in [0.1, 0.15) is 23.2 Å². The number of aryl methyl sites for hydroxylation is 2. The first-order valence-electron chi connectivity index (χ1n) is 5.07. The fraction of sp³-hybridized carbons (Fsp3) is 0.250. The lowest BCUT2D eigenvalue weighted by molar-refractivity contribution is -0.0224. The van der Waals surface area contributed by atoms with Gasteiger partial charge in [0.25, 0.3) is 0 Å². The molecule has 0 bridgehead atoms. The van der Waals surface area contributed by atoms with Crippen LogP contribution in [0.5, 0.6) is 5.75 Å². The Kier molecular flexibility index (Phi) is 1.82. The number of pyridine rings is 1. The van der Waals surface area contributed by atoms with Crippen LogP contribution in [0.2, 0.25) is 0 Å². The number of ether oxygens (including phenoxy) is 1. The number of aliphatic hydroxyl groups is 1. The van der Waals surface area contributed by atoms with Crippen molar-refractivity contribution in [2.24, 2.45) is 0 Å². The molecule has 2 aromatic rings. The van der Waals surface area contributed by atoms with Crippen LogP contribution in [0.4, 0.5) is 0 Å². The van der Waals surface area contributed by atoms with Crippen molar-refractivity contribution >= 4 is 0 Å². The largest absolute Gasteiger partial charge is 0.457 e. The number of fused-ring (bicyclic) bond motifs is 3. The number of rotatable bonds is 0. The zero-order valence-electron chi connectivity index (χ0n) is 9.02. The second-order valence-corrected chi connectivity index (χ2v) is 3.97. The number of hydrogen-bond acceptors (Lipinski definition) is 4. The van der Waals surface area contributed by atoms with Gasteiger partial charge in [-0.15, -0.1) is 0 Å². The van der Waals surface area contributed by atoms with Crippen LogP contribution >= 0.6 is 0 Å². The van der Waals surface area contributed by atoms with E-state index in [1.807, 2.05) is 19.9 Å². The lowest BCUT2D eigenvalue weighted by Gasteiger charge is -2.20. The fourth-order valence-corrected chi connectivity index (χ4v) is 1.90. The minimum atomic E-state index is -0.966. The first-order valence-corrected chi connectivity index (χ1v) is 5.07. The summed E-state index contributed by atoms with van der Waals surface area (Å²) in [6, 6.07) is 3.61. The van der Waals surface area contributed by atoms with E-state index in [9.17, 15) is 5.11 Å². The summed E-state index contributed by atoms with van der Waals surface area (Å²) in [4.78, 5) is 4.29. The number of nitrogens with zero attached hydrogens (tertiary/aromatic N) is 1. The minimum Gasteiger partial charge on any atom is -0.457 e. The third-order valence-corrected chi connectivity index (χ3v) is 2.59. The molecule has 0 spiro atoms. The highest BCUT2D eigenvalue weighted by Crippen LogP contribution is 2.42. The minimum absolute atomic E-state index is 0.550. The third-order valence-electron chi connectivity index (χ3n) is 2.59. The zero-order valence-corrected chi connectivity index (χ0v) is 9.02. The summed E-state index contributed by atoms with van der Waals surface area (Å²) in [5.41, 5.74) is 2.29. The fourth-order valence-electron chi connectivity index (χ4n) is 1.90. The maximum absolute atomic E-state index is 9.84. The summed E-state index contributed by atoms with van der Waals surface area (Å²) in [5, 5.41) is 9.84. The Balaban J connectivity index is 2.27. The number of aromatic nitrogens is 1. The van der Waals surface area contributed by atoms with Gasteiger partial charge in [-0.1, -0.05) is 0 Å². The third kappa shape index (κ3) is 1.23. The first kappa shape index (κ1) is 9.42. The van der Waals surface area contributed by atoms with E-state index in [0.717, 1.165) is 11.3 Å². The number of furan rings is 1. The number of hydrogen-bond donors (Lipinski definition) is 1. The van der Waals surface area contributed by atoms with E-state index in [1.165, 1.54) is 0 Å². The smallest absolute Gasteiger partial charge is 0.226 e. The molecule has 1 unspecified atom stereocenters. The quantitative estimate of drug-likeness (QED) is 0.735. The van der Waals surface area contributed by atoms with Crippen LogP contribution in [-0.2, 0) is 0 Å². The summed E-state index contributed by atoms with van der Waals surface area (Å²) < 4.78 is 10.9. The monoisotopic (exact) mass is 217 g/mol. The molecule has 82 valence electrons. The van der Waals surface area contributed by atoms with Crippen LogP contribution in [0.25, 0.3) is 11.5 Å². The highest BCUT2D eigenvalue weighted by Gasteiger charge is 2.28. The molecule has 2 aromatic heterocycles. The Morgan fingerprint density at radius 2 is 2.12 bits per heavy atom. The molecule has 0 aromatic carbocycles. The lowest BCUT2D eigenvalue weighted by atomic mass is 10.1.